The zero-order chi connectivity index (χ0) is 23.8. The highest BCUT2D eigenvalue weighted by molar-refractivity contribution is 5.92. The fourth-order valence-electron chi connectivity index (χ4n) is 4.11. The highest BCUT2D eigenvalue weighted by Gasteiger charge is 2.13. The molecule has 0 radical (unpaired) electrons. The minimum atomic E-state index is -0.372. The number of hydrogen-bond donors (Lipinski definition) is 0. The summed E-state index contributed by atoms with van der Waals surface area (Å²) in [6, 6.07) is 34.2. The van der Waals surface area contributed by atoms with E-state index in [-0.39, 0.29) is 5.97 Å². The summed E-state index contributed by atoms with van der Waals surface area (Å²) >= 11 is 0. The normalized spacial score (nSPS) is 10.5. The Morgan fingerprint density at radius 2 is 1.35 bits per heavy atom. The van der Waals surface area contributed by atoms with Crippen molar-refractivity contribution in [2.45, 2.75) is 12.8 Å². The zero-order valence-corrected chi connectivity index (χ0v) is 19.2. The average molecular weight is 445 g/mol. The predicted molar refractivity (Wildman–Crippen MR) is 142 cm³/mol. The summed E-state index contributed by atoms with van der Waals surface area (Å²) in [7, 11) is 0. The van der Waals surface area contributed by atoms with Gasteiger partial charge in [0.25, 0.3) is 0 Å². The van der Waals surface area contributed by atoms with Gasteiger partial charge in [0.1, 0.15) is 0 Å². The van der Waals surface area contributed by atoms with Crippen molar-refractivity contribution in [3.05, 3.63) is 127 Å². The van der Waals surface area contributed by atoms with Gasteiger partial charge in [-0.15, -0.1) is 0 Å². The Labute approximate surface area is 201 Å². The third kappa shape index (κ3) is 5.41. The number of carbonyl (C=O) groups excluding carboxylic acids is 1. The Morgan fingerprint density at radius 1 is 0.706 bits per heavy atom. The Kier molecular flexibility index (Phi) is 7.52. The fraction of sp³-hybridized carbons (Fsp3) is 0.0938. The standard InChI is InChI=1S/C32H28O2/c1-3-24-18-21-30(31(23-24)26-12-6-5-7-13-26)29-15-9-8-14-28(29)27-19-16-25(17-20-27)11-10-22-34-32(33)4-2/h3-9,12-21,23H,1-2,10-11,22H2. The number of hydrogen-bond acceptors (Lipinski definition) is 2. The largest absolute Gasteiger partial charge is 0.463 e. The summed E-state index contributed by atoms with van der Waals surface area (Å²) in [5, 5.41) is 0. The van der Waals surface area contributed by atoms with Gasteiger partial charge in [-0.25, -0.2) is 4.79 Å². The van der Waals surface area contributed by atoms with Crippen LogP contribution < -0.4 is 0 Å². The van der Waals surface area contributed by atoms with Gasteiger partial charge in [0.15, 0.2) is 0 Å². The molecule has 0 spiro atoms. The van der Waals surface area contributed by atoms with Crippen LogP contribution in [0.3, 0.4) is 0 Å². The Hall–Kier alpha value is -4.17. The molecule has 4 aromatic carbocycles. The summed E-state index contributed by atoms with van der Waals surface area (Å²) in [5.74, 6) is -0.372. The van der Waals surface area contributed by atoms with Crippen LogP contribution in [0.25, 0.3) is 39.5 Å². The van der Waals surface area contributed by atoms with Gasteiger partial charge >= 0.3 is 5.97 Å². The van der Waals surface area contributed by atoms with Crippen LogP contribution in [0.15, 0.2) is 116 Å². The molecular weight excluding hydrogens is 416 g/mol. The molecular formula is C32H28O2. The monoisotopic (exact) mass is 444 g/mol. The second-order valence-corrected chi connectivity index (χ2v) is 8.09. The lowest BCUT2D eigenvalue weighted by Gasteiger charge is -2.16. The van der Waals surface area contributed by atoms with Gasteiger partial charge in [0, 0.05) is 6.08 Å². The Morgan fingerprint density at radius 3 is 2.06 bits per heavy atom. The van der Waals surface area contributed by atoms with Gasteiger partial charge in [-0.3, -0.25) is 0 Å². The maximum absolute atomic E-state index is 11.2. The number of ether oxygens (including phenoxy) is 1. The maximum Gasteiger partial charge on any atom is 0.330 e. The van der Waals surface area contributed by atoms with Crippen molar-refractivity contribution in [3.63, 3.8) is 0 Å². The molecule has 34 heavy (non-hydrogen) atoms. The average Bonchev–Trinajstić information content (AvgIpc) is 2.91. The SMILES string of the molecule is C=CC(=O)OCCCc1ccc(-c2ccccc2-c2ccc(C=C)cc2-c2ccccc2)cc1. The van der Waals surface area contributed by atoms with Gasteiger partial charge in [0.2, 0.25) is 0 Å². The molecule has 0 saturated carbocycles. The molecule has 2 heteroatoms. The fourth-order valence-corrected chi connectivity index (χ4v) is 4.11. The molecule has 168 valence electrons. The molecule has 4 rings (SSSR count). The Balaban J connectivity index is 1.64. The van der Waals surface area contributed by atoms with Crippen molar-refractivity contribution in [2.75, 3.05) is 6.61 Å². The van der Waals surface area contributed by atoms with Crippen LogP contribution >= 0.6 is 0 Å². The van der Waals surface area contributed by atoms with Crippen molar-refractivity contribution in [3.8, 4) is 33.4 Å². The van der Waals surface area contributed by atoms with Gasteiger partial charge in [-0.1, -0.05) is 110 Å². The van der Waals surface area contributed by atoms with Crippen molar-refractivity contribution in [2.24, 2.45) is 0 Å². The first-order valence-electron chi connectivity index (χ1n) is 11.5. The molecule has 0 aliphatic rings. The van der Waals surface area contributed by atoms with E-state index >= 15 is 0 Å². The van der Waals surface area contributed by atoms with Crippen LogP contribution in [0.2, 0.25) is 0 Å². The zero-order valence-electron chi connectivity index (χ0n) is 19.2. The molecule has 2 nitrogen and oxygen atoms in total. The second kappa shape index (κ2) is 11.1. The summed E-state index contributed by atoms with van der Waals surface area (Å²) in [6.07, 6.45) is 4.72. The number of rotatable bonds is 9. The quantitative estimate of drug-likeness (QED) is 0.149. The summed E-state index contributed by atoms with van der Waals surface area (Å²) < 4.78 is 5.07. The first kappa shape index (κ1) is 23.0. The van der Waals surface area contributed by atoms with Crippen LogP contribution in [-0.4, -0.2) is 12.6 Å². The molecule has 0 N–H and O–H groups in total. The first-order chi connectivity index (χ1) is 16.7. The van der Waals surface area contributed by atoms with E-state index in [1.165, 1.54) is 45.0 Å². The predicted octanol–water partition coefficient (Wildman–Crippen LogP) is 7.99. The highest BCUT2D eigenvalue weighted by Crippen LogP contribution is 2.38. The van der Waals surface area contributed by atoms with E-state index < -0.39 is 0 Å². The number of carbonyl (C=O) groups is 1. The molecule has 0 saturated heterocycles. The van der Waals surface area contributed by atoms with Gasteiger partial charge < -0.3 is 4.74 Å². The number of benzene rings is 4. The molecule has 0 bridgehead atoms. The third-order valence-electron chi connectivity index (χ3n) is 5.87. The molecule has 4 aromatic rings. The van der Waals surface area contributed by atoms with E-state index in [9.17, 15) is 4.79 Å². The molecule has 0 unspecified atom stereocenters. The van der Waals surface area contributed by atoms with Gasteiger partial charge in [-0.2, -0.15) is 0 Å². The summed E-state index contributed by atoms with van der Waals surface area (Å²) in [6.45, 7) is 7.77. The minimum Gasteiger partial charge on any atom is -0.463 e. The van der Waals surface area contributed by atoms with Gasteiger partial charge in [-0.05, 0) is 63.4 Å². The first-order valence-corrected chi connectivity index (χ1v) is 11.5. The van der Waals surface area contributed by atoms with Crippen molar-refractivity contribution in [1.82, 2.24) is 0 Å². The molecule has 0 fully saturated rings. The second-order valence-electron chi connectivity index (χ2n) is 8.09. The maximum atomic E-state index is 11.2. The van der Waals surface area contributed by atoms with E-state index in [2.05, 4.69) is 104 Å². The molecule has 0 aliphatic carbocycles. The molecule has 0 heterocycles. The summed E-state index contributed by atoms with van der Waals surface area (Å²) in [4.78, 5) is 11.2. The van der Waals surface area contributed by atoms with E-state index in [1.54, 1.807) is 0 Å². The lowest BCUT2D eigenvalue weighted by Crippen LogP contribution is -2.02. The van der Waals surface area contributed by atoms with Crippen molar-refractivity contribution < 1.29 is 9.53 Å². The lowest BCUT2D eigenvalue weighted by atomic mass is 9.88. The number of aryl methyl sites for hydroxylation is 1. The number of esters is 1. The highest BCUT2D eigenvalue weighted by atomic mass is 16.5. The van der Waals surface area contributed by atoms with E-state index in [4.69, 9.17) is 4.74 Å². The molecule has 0 aromatic heterocycles. The molecule has 0 amide bonds. The third-order valence-corrected chi connectivity index (χ3v) is 5.87. The van der Waals surface area contributed by atoms with Crippen LogP contribution in [0.5, 0.6) is 0 Å². The Bertz CT molecular complexity index is 1280. The van der Waals surface area contributed by atoms with Crippen LogP contribution in [0.1, 0.15) is 17.5 Å². The van der Waals surface area contributed by atoms with Crippen molar-refractivity contribution in [1.29, 1.82) is 0 Å². The van der Waals surface area contributed by atoms with E-state index in [0.29, 0.717) is 6.61 Å². The van der Waals surface area contributed by atoms with Crippen LogP contribution in [0, 0.1) is 0 Å². The molecule has 0 atom stereocenters. The van der Waals surface area contributed by atoms with E-state index in [0.717, 1.165) is 18.4 Å². The topological polar surface area (TPSA) is 26.3 Å². The lowest BCUT2D eigenvalue weighted by molar-refractivity contribution is -0.137. The smallest absolute Gasteiger partial charge is 0.330 e. The van der Waals surface area contributed by atoms with Crippen LogP contribution in [0.4, 0.5) is 0 Å². The van der Waals surface area contributed by atoms with Crippen LogP contribution in [-0.2, 0) is 16.0 Å². The van der Waals surface area contributed by atoms with E-state index in [1.807, 2.05) is 12.1 Å². The van der Waals surface area contributed by atoms with Crippen molar-refractivity contribution >= 4 is 12.0 Å². The summed E-state index contributed by atoms with van der Waals surface area (Å²) in [5.41, 5.74) is 9.45. The molecule has 0 aliphatic heterocycles. The van der Waals surface area contributed by atoms with Gasteiger partial charge in [0.05, 0.1) is 6.61 Å². The minimum absolute atomic E-state index is 0.372.